The lowest BCUT2D eigenvalue weighted by Gasteiger charge is -2.45. The van der Waals surface area contributed by atoms with Crippen LogP contribution in [0.5, 0.6) is 5.75 Å². The molecular formula is C34H5F57O4. The molecule has 0 fully saturated rings. The van der Waals surface area contributed by atoms with Gasteiger partial charge in [0.2, 0.25) is 0 Å². The average molecular weight is 1560 g/mol. The molecule has 0 aliphatic rings. The molecule has 564 valence electrons. The van der Waals surface area contributed by atoms with Crippen molar-refractivity contribution in [2.75, 3.05) is 0 Å². The van der Waals surface area contributed by atoms with Crippen LogP contribution in [-0.4, -0.2) is 166 Å². The van der Waals surface area contributed by atoms with Crippen LogP contribution in [0.25, 0.3) is 0 Å². The minimum atomic E-state index is -10.5. The molecule has 0 aliphatic carbocycles. The highest BCUT2D eigenvalue weighted by atomic mass is 19.5. The summed E-state index contributed by atoms with van der Waals surface area (Å²) in [6.45, 7) is 0. The number of halogens is 57. The van der Waals surface area contributed by atoms with Gasteiger partial charge in [0.15, 0.2) is 0 Å². The molecule has 0 unspecified atom stereocenters. The Hall–Kier alpha value is -5.09. The Balaban J connectivity index is 4.89. The Kier molecular flexibility index (Phi) is 20.6. The van der Waals surface area contributed by atoms with E-state index in [1.54, 1.807) is 0 Å². The first kappa shape index (κ1) is 87.9. The van der Waals surface area contributed by atoms with Crippen LogP contribution in [0.2, 0.25) is 0 Å². The van der Waals surface area contributed by atoms with Gasteiger partial charge in [-0.15, -0.1) is 0 Å². The number of para-hydroxylation sites is 1. The molecule has 0 heterocycles. The maximum atomic E-state index is 15.2. The van der Waals surface area contributed by atoms with Crippen LogP contribution in [0.1, 0.15) is 5.56 Å². The summed E-state index contributed by atoms with van der Waals surface area (Å²) in [5.74, 6) is -224. The number of alkyl halides is 57. The number of benzene rings is 1. The van der Waals surface area contributed by atoms with Crippen molar-refractivity contribution in [1.29, 1.82) is 0 Å². The molecule has 0 saturated heterocycles. The average Bonchev–Trinajstić information content (AvgIpc) is 0.701. The molecule has 0 atom stereocenters. The van der Waals surface area contributed by atoms with Gasteiger partial charge in [-0.3, -0.25) is 9.47 Å². The lowest BCUT2D eigenvalue weighted by Crippen LogP contribution is -2.76. The Labute approximate surface area is 473 Å². The second-order valence-corrected chi connectivity index (χ2v) is 17.5. The van der Waals surface area contributed by atoms with Crippen molar-refractivity contribution in [3.63, 3.8) is 0 Å². The summed E-state index contributed by atoms with van der Waals surface area (Å²) < 4.78 is 799. The van der Waals surface area contributed by atoms with Crippen LogP contribution < -0.4 is 4.74 Å². The maximum absolute atomic E-state index is 15.2. The first-order chi connectivity index (χ1) is 40.1. The molecule has 1 aromatic carbocycles. The van der Waals surface area contributed by atoms with Gasteiger partial charge < -0.3 is 9.84 Å². The van der Waals surface area contributed by atoms with E-state index in [1.807, 2.05) is 4.74 Å². The molecular weight excluding hydrogens is 1560 g/mol. The molecule has 0 aromatic heterocycles. The van der Waals surface area contributed by atoms with Crippen molar-refractivity contribution in [3.05, 3.63) is 29.8 Å². The van der Waals surface area contributed by atoms with Crippen LogP contribution in [-0.2, 0) is 15.4 Å². The van der Waals surface area contributed by atoms with Crippen LogP contribution in [0.4, 0.5) is 250 Å². The van der Waals surface area contributed by atoms with Gasteiger partial charge in [-0.2, -0.15) is 250 Å². The molecule has 0 aliphatic heterocycles. The molecule has 1 aromatic rings. The topological polar surface area (TPSA) is 47.9 Å². The van der Waals surface area contributed by atoms with E-state index >= 15 is 17.6 Å². The molecule has 1 rings (SSSR count). The van der Waals surface area contributed by atoms with Gasteiger partial charge in [-0.1, -0.05) is 12.1 Å². The molecule has 0 bridgehead atoms. The van der Waals surface area contributed by atoms with Crippen molar-refractivity contribution >= 4 is 0 Å². The van der Waals surface area contributed by atoms with Crippen LogP contribution >= 0.6 is 0 Å². The van der Waals surface area contributed by atoms with Gasteiger partial charge in [-0.05, 0) is 12.1 Å². The molecule has 1 N–H and O–H groups in total. The molecule has 0 spiro atoms. The lowest BCUT2D eigenvalue weighted by atomic mass is 9.88. The summed E-state index contributed by atoms with van der Waals surface area (Å²) in [7, 11) is 0. The smallest absolute Gasteiger partial charge is 0.427 e. The fraction of sp³-hybridized carbons (Fsp3) is 0.824. The second kappa shape index (κ2) is 22.2. The SMILES string of the molecule is OC(OC(F)(F)C(F)(F)C(F)(F)C(F)(F)C(F)(F)C(F)(F)C(F)(F)C(F)(F)C(F)(F)F)(OC(F)(F)C(F)(F)C(F)(F)C(F)(F)C(F)(F)C(F)(F)C(F)(F)C(F)(F)C(F)(F)F)c1ccccc1OC(F)(F)C(F)(F)C(F)(F)C(F)(F)C(F)(F)C(F)(F)C(F)(F)C(F)(F)C(F)(F)F. The maximum Gasteiger partial charge on any atom is 0.471 e. The zero-order chi connectivity index (χ0) is 78.1. The predicted octanol–water partition coefficient (Wildman–Crippen LogP) is 19.0. The summed E-state index contributed by atoms with van der Waals surface area (Å²) in [5, 5.41) is 10.2. The standard InChI is InChI=1S/C34H5F57O4/c35-8(36,11(41,42)17(53,54)23(65,66)29(77,78)79)14(47,48)20(59,60)26(71,72)32(86,87)93-6-4-2-1-3-5(6)7(92,94-33(88,89)27(73,74)21(61,62)15(49,50)9(37,38)12(43,44)18(55,56)24(67,68)30(80,81)82)95-34(90,91)28(75,76)22(63,64)16(51,52)10(39,40)13(45,46)19(57,58)25(69,70)31(83,84)85/h1-4,92H. The van der Waals surface area contributed by atoms with Crippen molar-refractivity contribution < 1.29 is 270 Å². The lowest BCUT2D eigenvalue weighted by molar-refractivity contribution is -0.566. The highest BCUT2D eigenvalue weighted by Crippen LogP contribution is 2.71. The Morgan fingerprint density at radius 2 is 0.337 bits per heavy atom. The van der Waals surface area contributed by atoms with Gasteiger partial charge in [-0.25, -0.2) is 0 Å². The van der Waals surface area contributed by atoms with Gasteiger partial charge >= 0.3 is 167 Å². The highest BCUT2D eigenvalue weighted by Gasteiger charge is 3.01. The first-order valence-electron chi connectivity index (χ1n) is 20.3. The van der Waals surface area contributed by atoms with Crippen LogP contribution in [0.3, 0.4) is 0 Å². The molecule has 0 radical (unpaired) electrons. The van der Waals surface area contributed by atoms with E-state index < -0.39 is 203 Å². The number of hydrogen-bond acceptors (Lipinski definition) is 4. The fourth-order valence-corrected chi connectivity index (χ4v) is 5.67. The van der Waals surface area contributed by atoms with E-state index in [2.05, 4.69) is 0 Å². The zero-order valence-corrected chi connectivity index (χ0v) is 40.5. The zero-order valence-electron chi connectivity index (χ0n) is 40.5. The van der Waals surface area contributed by atoms with E-state index in [9.17, 15) is 238 Å². The summed E-state index contributed by atoms with van der Waals surface area (Å²) >= 11 is 0. The Morgan fingerprint density at radius 3 is 0.516 bits per heavy atom. The number of ether oxygens (including phenoxy) is 3. The normalized spacial score (nSPS) is 17.0. The third-order valence-electron chi connectivity index (χ3n) is 11.3. The van der Waals surface area contributed by atoms with Crippen LogP contribution in [0, 0.1) is 0 Å². The second-order valence-electron chi connectivity index (χ2n) is 17.5. The molecule has 61 heteroatoms. The molecule has 95 heavy (non-hydrogen) atoms. The van der Waals surface area contributed by atoms with E-state index in [1.165, 1.54) is 9.47 Å². The molecule has 0 amide bonds. The van der Waals surface area contributed by atoms with E-state index in [0.29, 0.717) is 0 Å². The summed E-state index contributed by atoms with van der Waals surface area (Å²) in [6, 6.07) is -6.48. The Bertz CT molecular complexity index is 2780. The quantitative estimate of drug-likeness (QED) is 0.0671. The van der Waals surface area contributed by atoms with E-state index in [0.717, 1.165) is 0 Å². The van der Waals surface area contributed by atoms with Crippen LogP contribution in [0.15, 0.2) is 24.3 Å². The number of hydrogen-bond donors (Lipinski definition) is 1. The number of aliphatic hydroxyl groups is 1. The predicted molar refractivity (Wildman–Crippen MR) is 170 cm³/mol. The minimum Gasteiger partial charge on any atom is -0.427 e. The van der Waals surface area contributed by atoms with Gasteiger partial charge in [0.25, 0.3) is 0 Å². The first-order valence-corrected chi connectivity index (χ1v) is 20.3. The van der Waals surface area contributed by atoms with Gasteiger partial charge in [0, 0.05) is 0 Å². The van der Waals surface area contributed by atoms with Crippen molar-refractivity contribution in [2.45, 2.75) is 167 Å². The van der Waals surface area contributed by atoms with Gasteiger partial charge in [0.1, 0.15) is 5.75 Å². The largest absolute Gasteiger partial charge is 0.471 e. The van der Waals surface area contributed by atoms with Crippen molar-refractivity contribution in [1.82, 2.24) is 0 Å². The Morgan fingerprint density at radius 1 is 0.189 bits per heavy atom. The van der Waals surface area contributed by atoms with Crippen molar-refractivity contribution in [2.24, 2.45) is 0 Å². The number of rotatable bonds is 28. The van der Waals surface area contributed by atoms with Crippen molar-refractivity contribution in [3.8, 4) is 5.75 Å². The monoisotopic (exact) mass is 1560 g/mol. The molecule has 0 saturated carbocycles. The fourth-order valence-electron chi connectivity index (χ4n) is 5.67. The van der Waals surface area contributed by atoms with E-state index in [-0.39, 0.29) is 0 Å². The highest BCUT2D eigenvalue weighted by molar-refractivity contribution is 5.37. The molecule has 4 nitrogen and oxygen atoms in total. The van der Waals surface area contributed by atoms with E-state index in [4.69, 9.17) is 0 Å². The third-order valence-corrected chi connectivity index (χ3v) is 11.3. The summed E-state index contributed by atoms with van der Waals surface area (Å²) in [4.78, 5) is 0. The summed E-state index contributed by atoms with van der Waals surface area (Å²) in [5.41, 5.74) is -4.95. The van der Waals surface area contributed by atoms with Gasteiger partial charge in [0.05, 0.1) is 5.56 Å². The minimum absolute atomic E-state index is 1.12. The summed E-state index contributed by atoms with van der Waals surface area (Å²) in [6.07, 6.45) is -55.3. The third kappa shape index (κ3) is 11.2.